The molecule has 2 amide bonds. The predicted octanol–water partition coefficient (Wildman–Crippen LogP) is 0.738. The van der Waals surface area contributed by atoms with Gasteiger partial charge in [0.15, 0.2) is 5.60 Å². The standard InChI is InChI=1S/C21H19NO9/c1-10(23)29-20(30-11(2)24)21-9-8-14(31-21)15-16(21)18(26)22(17(15)25)13-7-5-4-6-12(13)19(27)28-3/h4-9,14-16,20H,1-3H3/t14-,15+,16+,21-/m1/s1. The van der Waals surface area contributed by atoms with Gasteiger partial charge < -0.3 is 18.9 Å². The fourth-order valence-electron chi connectivity index (χ4n) is 4.41. The molecule has 0 saturated carbocycles. The number of hydrogen-bond acceptors (Lipinski definition) is 9. The van der Waals surface area contributed by atoms with E-state index >= 15 is 0 Å². The Balaban J connectivity index is 1.77. The number of ether oxygens (including phenoxy) is 4. The van der Waals surface area contributed by atoms with Gasteiger partial charge in [-0.3, -0.25) is 19.2 Å². The molecule has 3 heterocycles. The van der Waals surface area contributed by atoms with E-state index in [-0.39, 0.29) is 11.3 Å². The number of nitrogens with zero attached hydrogens (tertiary/aromatic N) is 1. The number of carbonyl (C=O) groups excluding carboxylic acids is 5. The minimum Gasteiger partial charge on any atom is -0.465 e. The Labute approximate surface area is 176 Å². The van der Waals surface area contributed by atoms with Crippen molar-refractivity contribution in [1.82, 2.24) is 0 Å². The molecule has 0 aliphatic carbocycles. The summed E-state index contributed by atoms with van der Waals surface area (Å²) in [6.07, 6.45) is 0.704. The second-order valence-corrected chi connectivity index (χ2v) is 7.37. The molecule has 0 unspecified atom stereocenters. The number of para-hydroxylation sites is 1. The summed E-state index contributed by atoms with van der Waals surface area (Å²) in [7, 11) is 1.19. The van der Waals surface area contributed by atoms with Crippen molar-refractivity contribution in [2.75, 3.05) is 12.0 Å². The van der Waals surface area contributed by atoms with Crippen molar-refractivity contribution >= 4 is 35.4 Å². The fourth-order valence-corrected chi connectivity index (χ4v) is 4.41. The Morgan fingerprint density at radius 2 is 1.71 bits per heavy atom. The van der Waals surface area contributed by atoms with E-state index in [0.717, 1.165) is 18.7 Å². The van der Waals surface area contributed by atoms with E-state index in [1.807, 2.05) is 0 Å². The van der Waals surface area contributed by atoms with Gasteiger partial charge in [0, 0.05) is 13.8 Å². The number of benzene rings is 1. The molecule has 3 aliphatic rings. The Kier molecular flexibility index (Phi) is 4.89. The third-order valence-electron chi connectivity index (χ3n) is 5.54. The molecule has 162 valence electrons. The number of imide groups is 1. The molecule has 1 aromatic carbocycles. The summed E-state index contributed by atoms with van der Waals surface area (Å²) >= 11 is 0. The predicted molar refractivity (Wildman–Crippen MR) is 101 cm³/mol. The number of rotatable bonds is 5. The van der Waals surface area contributed by atoms with Crippen LogP contribution in [0.5, 0.6) is 0 Å². The molecule has 4 atom stereocenters. The van der Waals surface area contributed by atoms with Gasteiger partial charge in [-0.1, -0.05) is 18.2 Å². The van der Waals surface area contributed by atoms with E-state index in [1.54, 1.807) is 18.2 Å². The summed E-state index contributed by atoms with van der Waals surface area (Å²) < 4.78 is 21.0. The van der Waals surface area contributed by atoms with E-state index in [1.165, 1.54) is 25.3 Å². The topological polar surface area (TPSA) is 126 Å². The van der Waals surface area contributed by atoms with Crippen LogP contribution >= 0.6 is 0 Å². The Bertz CT molecular complexity index is 1020. The summed E-state index contributed by atoms with van der Waals surface area (Å²) in [4.78, 5) is 63.1. The van der Waals surface area contributed by atoms with Crippen LogP contribution in [-0.2, 0) is 38.1 Å². The number of carbonyl (C=O) groups is 5. The smallest absolute Gasteiger partial charge is 0.339 e. The maximum Gasteiger partial charge on any atom is 0.339 e. The van der Waals surface area contributed by atoms with Gasteiger partial charge in [0.05, 0.1) is 36.3 Å². The second-order valence-electron chi connectivity index (χ2n) is 7.37. The summed E-state index contributed by atoms with van der Waals surface area (Å²) in [5.41, 5.74) is -1.54. The number of amides is 2. The normalized spacial score (nSPS) is 28.1. The first-order valence-corrected chi connectivity index (χ1v) is 9.48. The van der Waals surface area contributed by atoms with E-state index < -0.39 is 59.6 Å². The lowest BCUT2D eigenvalue weighted by atomic mass is 9.76. The van der Waals surface area contributed by atoms with Crippen molar-refractivity contribution in [3.63, 3.8) is 0 Å². The molecule has 0 N–H and O–H groups in total. The number of methoxy groups -OCH3 is 1. The third kappa shape index (κ3) is 3.02. The molecular weight excluding hydrogens is 410 g/mol. The molecule has 0 radical (unpaired) electrons. The molecule has 10 heteroatoms. The molecule has 4 rings (SSSR count). The third-order valence-corrected chi connectivity index (χ3v) is 5.54. The molecule has 0 aromatic heterocycles. The first-order chi connectivity index (χ1) is 14.7. The van der Waals surface area contributed by atoms with Gasteiger partial charge in [0.25, 0.3) is 6.29 Å². The average Bonchev–Trinajstić information content (AvgIpc) is 3.37. The van der Waals surface area contributed by atoms with Gasteiger partial charge in [0.2, 0.25) is 11.8 Å². The van der Waals surface area contributed by atoms with Gasteiger partial charge in [-0.15, -0.1) is 0 Å². The van der Waals surface area contributed by atoms with Crippen LogP contribution in [-0.4, -0.2) is 54.8 Å². The summed E-state index contributed by atoms with van der Waals surface area (Å²) in [5.74, 6) is -5.52. The number of anilines is 1. The molecular formula is C21H19NO9. The number of esters is 3. The number of hydrogen-bond donors (Lipinski definition) is 0. The van der Waals surface area contributed by atoms with Crippen LogP contribution in [0.1, 0.15) is 24.2 Å². The quantitative estimate of drug-likeness (QED) is 0.288. The van der Waals surface area contributed by atoms with Crippen LogP contribution in [0.4, 0.5) is 5.69 Å². The van der Waals surface area contributed by atoms with Gasteiger partial charge in [-0.05, 0) is 18.2 Å². The van der Waals surface area contributed by atoms with Crippen LogP contribution in [0.25, 0.3) is 0 Å². The van der Waals surface area contributed by atoms with Gasteiger partial charge in [-0.25, -0.2) is 9.69 Å². The Morgan fingerprint density at radius 3 is 2.32 bits per heavy atom. The van der Waals surface area contributed by atoms with Crippen molar-refractivity contribution in [3.05, 3.63) is 42.0 Å². The molecule has 1 aromatic rings. The fraction of sp³-hybridized carbons (Fsp3) is 0.381. The lowest BCUT2D eigenvalue weighted by Gasteiger charge is -2.34. The van der Waals surface area contributed by atoms with Crippen molar-refractivity contribution in [2.24, 2.45) is 11.8 Å². The Hall–Kier alpha value is -3.53. The minimum atomic E-state index is -1.66. The van der Waals surface area contributed by atoms with Crippen molar-refractivity contribution < 1.29 is 42.9 Å². The van der Waals surface area contributed by atoms with Crippen LogP contribution in [0.3, 0.4) is 0 Å². The van der Waals surface area contributed by atoms with Crippen molar-refractivity contribution in [1.29, 1.82) is 0 Å². The molecule has 31 heavy (non-hydrogen) atoms. The zero-order valence-corrected chi connectivity index (χ0v) is 16.9. The van der Waals surface area contributed by atoms with E-state index in [0.29, 0.717) is 0 Å². The van der Waals surface area contributed by atoms with E-state index in [4.69, 9.17) is 18.9 Å². The molecule has 0 spiro atoms. The van der Waals surface area contributed by atoms with Gasteiger partial charge in [0.1, 0.15) is 0 Å². The largest absolute Gasteiger partial charge is 0.465 e. The first-order valence-electron chi connectivity index (χ1n) is 9.48. The highest BCUT2D eigenvalue weighted by atomic mass is 16.7. The van der Waals surface area contributed by atoms with Crippen LogP contribution in [0, 0.1) is 11.8 Å². The molecule has 2 fully saturated rings. The molecule has 3 aliphatic heterocycles. The monoisotopic (exact) mass is 429 g/mol. The SMILES string of the molecule is COC(=O)c1ccccc1N1C(=O)[C@@H]2[C@@H](C1=O)[C@@]1(C(OC(C)=O)OC(C)=O)C=C[C@H]2O1. The number of fused-ring (bicyclic) bond motifs is 5. The molecule has 2 saturated heterocycles. The van der Waals surface area contributed by atoms with Crippen LogP contribution in [0.2, 0.25) is 0 Å². The minimum absolute atomic E-state index is 0.0402. The maximum absolute atomic E-state index is 13.5. The summed E-state index contributed by atoms with van der Waals surface area (Å²) in [6, 6.07) is 6.06. The van der Waals surface area contributed by atoms with Crippen LogP contribution in [0.15, 0.2) is 36.4 Å². The zero-order chi connectivity index (χ0) is 22.5. The van der Waals surface area contributed by atoms with E-state index in [9.17, 15) is 24.0 Å². The average molecular weight is 429 g/mol. The molecule has 10 nitrogen and oxygen atoms in total. The summed E-state index contributed by atoms with van der Waals surface area (Å²) in [6.45, 7) is 2.24. The Morgan fingerprint density at radius 1 is 1.06 bits per heavy atom. The summed E-state index contributed by atoms with van der Waals surface area (Å²) in [5, 5.41) is 0. The van der Waals surface area contributed by atoms with E-state index in [2.05, 4.69) is 0 Å². The second kappa shape index (κ2) is 7.31. The lowest BCUT2D eigenvalue weighted by molar-refractivity contribution is -0.226. The highest BCUT2D eigenvalue weighted by Crippen LogP contribution is 2.55. The first kappa shape index (κ1) is 20.7. The lowest BCUT2D eigenvalue weighted by Crippen LogP contribution is -2.52. The van der Waals surface area contributed by atoms with Crippen molar-refractivity contribution in [3.8, 4) is 0 Å². The van der Waals surface area contributed by atoms with Gasteiger partial charge in [-0.2, -0.15) is 0 Å². The highest BCUT2D eigenvalue weighted by molar-refractivity contribution is 6.25. The maximum atomic E-state index is 13.5. The zero-order valence-electron chi connectivity index (χ0n) is 16.9. The van der Waals surface area contributed by atoms with Gasteiger partial charge >= 0.3 is 17.9 Å². The van der Waals surface area contributed by atoms with Crippen LogP contribution < -0.4 is 4.90 Å². The molecule has 2 bridgehead atoms. The highest BCUT2D eigenvalue weighted by Gasteiger charge is 2.72. The van der Waals surface area contributed by atoms with Crippen molar-refractivity contribution in [2.45, 2.75) is 31.8 Å².